The Morgan fingerprint density at radius 1 is 1.71 bits per heavy atom. The van der Waals surface area contributed by atoms with Crippen LogP contribution in [0, 0.1) is 5.92 Å². The molecule has 5 heteroatoms. The van der Waals surface area contributed by atoms with Gasteiger partial charge in [0, 0.05) is 19.8 Å². The number of amides is 1. The summed E-state index contributed by atoms with van der Waals surface area (Å²) in [7, 11) is 1.78. The third kappa shape index (κ3) is 2.83. The van der Waals surface area contributed by atoms with Crippen LogP contribution in [-0.4, -0.2) is 22.2 Å². The normalized spacial score (nSPS) is 10.6. The predicted octanol–water partition coefficient (Wildman–Crippen LogP) is 1.57. The monoisotopic (exact) mass is 259 g/mol. The van der Waals surface area contributed by atoms with Gasteiger partial charge in [0.25, 0.3) is 5.91 Å². The Labute approximate surface area is 91.8 Å². The lowest BCUT2D eigenvalue weighted by Crippen LogP contribution is -2.28. The number of rotatable bonds is 3. The fourth-order valence-electron chi connectivity index (χ4n) is 0.994. The smallest absolute Gasteiger partial charge is 0.272 e. The summed E-state index contributed by atoms with van der Waals surface area (Å²) in [5.74, 6) is 0.313. The Hall–Kier alpha value is -0.840. The first-order chi connectivity index (χ1) is 6.50. The van der Waals surface area contributed by atoms with E-state index in [1.165, 1.54) is 0 Å². The van der Waals surface area contributed by atoms with Gasteiger partial charge in [-0.3, -0.25) is 9.48 Å². The van der Waals surface area contributed by atoms with Crippen LogP contribution in [-0.2, 0) is 7.05 Å². The van der Waals surface area contributed by atoms with Crippen molar-refractivity contribution in [1.82, 2.24) is 15.1 Å². The third-order valence-electron chi connectivity index (χ3n) is 1.67. The van der Waals surface area contributed by atoms with Crippen LogP contribution in [0.3, 0.4) is 0 Å². The number of carbonyl (C=O) groups excluding carboxylic acids is 1. The van der Waals surface area contributed by atoms with Crippen LogP contribution >= 0.6 is 15.9 Å². The number of aromatic nitrogens is 2. The van der Waals surface area contributed by atoms with Crippen molar-refractivity contribution in [2.45, 2.75) is 13.8 Å². The van der Waals surface area contributed by atoms with E-state index in [0.717, 1.165) is 4.47 Å². The van der Waals surface area contributed by atoms with Crippen LogP contribution in [0.1, 0.15) is 24.3 Å². The molecule has 1 heterocycles. The van der Waals surface area contributed by atoms with Crippen LogP contribution in [0.5, 0.6) is 0 Å². The molecule has 78 valence electrons. The molecule has 0 unspecified atom stereocenters. The highest BCUT2D eigenvalue weighted by Crippen LogP contribution is 2.13. The molecule has 0 aromatic carbocycles. The molecular formula is C9H14BrN3O. The molecule has 1 amide bonds. The fraction of sp³-hybridized carbons (Fsp3) is 0.556. The summed E-state index contributed by atoms with van der Waals surface area (Å²) in [4.78, 5) is 11.6. The van der Waals surface area contributed by atoms with Gasteiger partial charge in [-0.05, 0) is 21.8 Å². The Bertz CT molecular complexity index is 333. The molecule has 0 aliphatic carbocycles. The van der Waals surface area contributed by atoms with Crippen LogP contribution in [0.25, 0.3) is 0 Å². The summed E-state index contributed by atoms with van der Waals surface area (Å²) in [5, 5.41) is 6.85. The van der Waals surface area contributed by atoms with Crippen LogP contribution < -0.4 is 5.32 Å². The molecule has 0 aliphatic rings. The molecule has 1 aromatic heterocycles. The minimum Gasteiger partial charge on any atom is -0.350 e. The molecular weight excluding hydrogens is 246 g/mol. The molecule has 14 heavy (non-hydrogen) atoms. The van der Waals surface area contributed by atoms with Gasteiger partial charge in [0.1, 0.15) is 0 Å². The number of aryl methyl sites for hydroxylation is 1. The molecule has 0 spiro atoms. The first kappa shape index (κ1) is 11.2. The highest BCUT2D eigenvalue weighted by Gasteiger charge is 2.13. The van der Waals surface area contributed by atoms with Gasteiger partial charge in [-0.15, -0.1) is 0 Å². The van der Waals surface area contributed by atoms with Gasteiger partial charge in [0.15, 0.2) is 5.69 Å². The van der Waals surface area contributed by atoms with Gasteiger partial charge in [0.2, 0.25) is 0 Å². The number of nitrogens with one attached hydrogen (secondary N) is 1. The Morgan fingerprint density at radius 2 is 2.36 bits per heavy atom. The minimum absolute atomic E-state index is 0.133. The molecule has 1 aromatic rings. The van der Waals surface area contributed by atoms with Gasteiger partial charge in [0.05, 0.1) is 4.47 Å². The lowest BCUT2D eigenvalue weighted by atomic mass is 10.2. The molecule has 0 aliphatic heterocycles. The molecule has 1 N–H and O–H groups in total. The largest absolute Gasteiger partial charge is 0.350 e. The molecule has 0 atom stereocenters. The SMILES string of the molecule is CC(C)CNC(=O)c1nn(C)cc1Br. The van der Waals surface area contributed by atoms with E-state index < -0.39 is 0 Å². The summed E-state index contributed by atoms with van der Waals surface area (Å²) < 4.78 is 2.33. The molecule has 0 bridgehead atoms. The lowest BCUT2D eigenvalue weighted by Gasteiger charge is -2.05. The van der Waals surface area contributed by atoms with Crippen molar-refractivity contribution in [3.63, 3.8) is 0 Å². The summed E-state index contributed by atoms with van der Waals surface area (Å²) in [6.45, 7) is 4.77. The highest BCUT2D eigenvalue weighted by atomic mass is 79.9. The average Bonchev–Trinajstić information content (AvgIpc) is 2.41. The van der Waals surface area contributed by atoms with E-state index in [4.69, 9.17) is 0 Å². The second kappa shape index (κ2) is 4.59. The van der Waals surface area contributed by atoms with E-state index in [1.54, 1.807) is 17.9 Å². The lowest BCUT2D eigenvalue weighted by molar-refractivity contribution is 0.0942. The number of halogens is 1. The molecule has 4 nitrogen and oxygen atoms in total. The Morgan fingerprint density at radius 3 is 2.79 bits per heavy atom. The van der Waals surface area contributed by atoms with Crippen molar-refractivity contribution in [3.05, 3.63) is 16.4 Å². The third-order valence-corrected chi connectivity index (χ3v) is 2.25. The van der Waals surface area contributed by atoms with Gasteiger partial charge < -0.3 is 5.32 Å². The summed E-state index contributed by atoms with van der Waals surface area (Å²) in [5.41, 5.74) is 0.438. The zero-order chi connectivity index (χ0) is 10.7. The molecule has 1 rings (SSSR count). The standard InChI is InChI=1S/C9H14BrN3O/c1-6(2)4-11-9(14)8-7(10)5-13(3)12-8/h5-6H,4H2,1-3H3,(H,11,14). The molecule has 0 saturated carbocycles. The predicted molar refractivity (Wildman–Crippen MR) is 58.1 cm³/mol. The van der Waals surface area contributed by atoms with Crippen molar-refractivity contribution in [2.75, 3.05) is 6.54 Å². The second-order valence-corrected chi connectivity index (χ2v) is 4.46. The van der Waals surface area contributed by atoms with Crippen molar-refractivity contribution < 1.29 is 4.79 Å². The van der Waals surface area contributed by atoms with E-state index in [9.17, 15) is 4.79 Å². The summed E-state index contributed by atoms with van der Waals surface area (Å²) >= 11 is 3.28. The van der Waals surface area contributed by atoms with Crippen LogP contribution in [0.4, 0.5) is 0 Å². The topological polar surface area (TPSA) is 46.9 Å². The van der Waals surface area contributed by atoms with E-state index in [0.29, 0.717) is 18.2 Å². The zero-order valence-corrected chi connectivity index (χ0v) is 10.1. The van der Waals surface area contributed by atoms with Gasteiger partial charge >= 0.3 is 0 Å². The maximum Gasteiger partial charge on any atom is 0.272 e. The van der Waals surface area contributed by atoms with Crippen LogP contribution in [0.2, 0.25) is 0 Å². The molecule has 0 radical (unpaired) electrons. The van der Waals surface area contributed by atoms with Crippen molar-refractivity contribution >= 4 is 21.8 Å². The highest BCUT2D eigenvalue weighted by molar-refractivity contribution is 9.10. The van der Waals surface area contributed by atoms with Crippen LogP contribution in [0.15, 0.2) is 10.7 Å². The number of hydrogen-bond donors (Lipinski definition) is 1. The number of carbonyl (C=O) groups is 1. The fourth-order valence-corrected chi connectivity index (χ4v) is 1.55. The quantitative estimate of drug-likeness (QED) is 0.896. The van der Waals surface area contributed by atoms with Gasteiger partial charge in [-0.25, -0.2) is 0 Å². The zero-order valence-electron chi connectivity index (χ0n) is 8.54. The Kier molecular flexibility index (Phi) is 3.69. The van der Waals surface area contributed by atoms with E-state index in [2.05, 4.69) is 26.3 Å². The number of nitrogens with zero attached hydrogens (tertiary/aromatic N) is 2. The summed E-state index contributed by atoms with van der Waals surface area (Å²) in [6.07, 6.45) is 1.75. The first-order valence-corrected chi connectivity index (χ1v) is 5.27. The van der Waals surface area contributed by atoms with Gasteiger partial charge in [-0.2, -0.15) is 5.10 Å². The minimum atomic E-state index is -0.133. The van der Waals surface area contributed by atoms with Crippen molar-refractivity contribution in [2.24, 2.45) is 13.0 Å². The maximum atomic E-state index is 11.6. The van der Waals surface area contributed by atoms with Crippen molar-refractivity contribution in [1.29, 1.82) is 0 Å². The molecule has 0 fully saturated rings. The van der Waals surface area contributed by atoms with Gasteiger partial charge in [-0.1, -0.05) is 13.8 Å². The summed E-state index contributed by atoms with van der Waals surface area (Å²) in [6, 6.07) is 0. The first-order valence-electron chi connectivity index (χ1n) is 4.48. The maximum absolute atomic E-state index is 11.6. The average molecular weight is 260 g/mol. The van der Waals surface area contributed by atoms with E-state index in [-0.39, 0.29) is 5.91 Å². The van der Waals surface area contributed by atoms with Crippen molar-refractivity contribution in [3.8, 4) is 0 Å². The van der Waals surface area contributed by atoms with E-state index >= 15 is 0 Å². The number of hydrogen-bond acceptors (Lipinski definition) is 2. The molecule has 0 saturated heterocycles. The second-order valence-electron chi connectivity index (χ2n) is 3.60. The Balaban J connectivity index is 2.65. The van der Waals surface area contributed by atoms with E-state index in [1.807, 2.05) is 13.8 Å².